The molecule has 0 aliphatic heterocycles. The van der Waals surface area contributed by atoms with Crippen LogP contribution in [-0.2, 0) is 20.8 Å². The maximum absolute atomic E-state index is 12.3. The van der Waals surface area contributed by atoms with E-state index in [0.717, 1.165) is 28.8 Å². The Morgan fingerprint density at radius 1 is 0.886 bits per heavy atom. The Morgan fingerprint density at radius 3 is 2.43 bits per heavy atom. The Kier molecular flexibility index (Phi) is 8.72. The molecular formula is C27H28N4O4. The van der Waals surface area contributed by atoms with Crippen molar-refractivity contribution in [2.75, 3.05) is 17.2 Å². The van der Waals surface area contributed by atoms with Crippen LogP contribution in [0.15, 0.2) is 71.8 Å². The predicted octanol–water partition coefficient (Wildman–Crippen LogP) is 3.97. The van der Waals surface area contributed by atoms with Gasteiger partial charge >= 0.3 is 11.8 Å². The van der Waals surface area contributed by atoms with Gasteiger partial charge in [-0.15, -0.1) is 0 Å². The molecular weight excluding hydrogens is 444 g/mol. The summed E-state index contributed by atoms with van der Waals surface area (Å²) < 4.78 is 5.58. The maximum atomic E-state index is 12.3. The molecule has 3 aromatic carbocycles. The number of nitrogens with zero attached hydrogens (tertiary/aromatic N) is 1. The normalized spacial score (nSPS) is 10.6. The first-order valence-electron chi connectivity index (χ1n) is 11.2. The lowest BCUT2D eigenvalue weighted by atomic mass is 10.1. The molecule has 8 heteroatoms. The average Bonchev–Trinajstić information content (AvgIpc) is 2.86. The summed E-state index contributed by atoms with van der Waals surface area (Å²) >= 11 is 0. The van der Waals surface area contributed by atoms with E-state index in [1.54, 1.807) is 36.4 Å². The van der Waals surface area contributed by atoms with Crippen molar-refractivity contribution in [3.8, 4) is 5.75 Å². The van der Waals surface area contributed by atoms with E-state index < -0.39 is 11.8 Å². The van der Waals surface area contributed by atoms with Gasteiger partial charge in [0, 0.05) is 11.4 Å². The largest absolute Gasteiger partial charge is 0.484 e. The lowest BCUT2D eigenvalue weighted by Crippen LogP contribution is -2.32. The van der Waals surface area contributed by atoms with E-state index in [2.05, 4.69) is 21.2 Å². The van der Waals surface area contributed by atoms with E-state index in [-0.39, 0.29) is 12.5 Å². The molecule has 0 heterocycles. The Labute approximate surface area is 204 Å². The van der Waals surface area contributed by atoms with Gasteiger partial charge < -0.3 is 15.4 Å². The Balaban J connectivity index is 1.50. The van der Waals surface area contributed by atoms with Crippen LogP contribution in [0.1, 0.15) is 29.2 Å². The summed E-state index contributed by atoms with van der Waals surface area (Å²) in [6.45, 7) is 5.65. The van der Waals surface area contributed by atoms with E-state index >= 15 is 0 Å². The van der Waals surface area contributed by atoms with Crippen LogP contribution in [0.5, 0.6) is 5.75 Å². The van der Waals surface area contributed by atoms with E-state index in [9.17, 15) is 14.4 Å². The molecule has 8 nitrogen and oxygen atoms in total. The molecule has 0 aliphatic rings. The number of para-hydroxylation sites is 1. The number of hydrogen-bond acceptors (Lipinski definition) is 5. The zero-order valence-corrected chi connectivity index (χ0v) is 19.9. The van der Waals surface area contributed by atoms with Gasteiger partial charge in [-0.1, -0.05) is 49.4 Å². The number of amides is 3. The van der Waals surface area contributed by atoms with Crippen LogP contribution in [0.3, 0.4) is 0 Å². The summed E-state index contributed by atoms with van der Waals surface area (Å²) in [6, 6.07) is 19.9. The van der Waals surface area contributed by atoms with Gasteiger partial charge in [0.2, 0.25) is 0 Å². The molecule has 0 saturated carbocycles. The Morgan fingerprint density at radius 2 is 1.63 bits per heavy atom. The van der Waals surface area contributed by atoms with Crippen molar-refractivity contribution in [2.45, 2.75) is 27.2 Å². The third-order valence-corrected chi connectivity index (χ3v) is 5.34. The molecule has 3 rings (SSSR count). The quantitative estimate of drug-likeness (QED) is 0.262. The summed E-state index contributed by atoms with van der Waals surface area (Å²) in [5.74, 6) is -1.51. The van der Waals surface area contributed by atoms with Crippen molar-refractivity contribution in [3.63, 3.8) is 0 Å². The first-order valence-corrected chi connectivity index (χ1v) is 11.2. The number of aryl methyl sites for hydroxylation is 2. The molecule has 0 aliphatic carbocycles. The lowest BCUT2D eigenvalue weighted by Gasteiger charge is -2.11. The van der Waals surface area contributed by atoms with E-state index in [1.165, 1.54) is 6.21 Å². The van der Waals surface area contributed by atoms with Gasteiger partial charge in [0.05, 0.1) is 6.21 Å². The third kappa shape index (κ3) is 7.26. The highest BCUT2D eigenvalue weighted by Crippen LogP contribution is 2.18. The average molecular weight is 473 g/mol. The maximum Gasteiger partial charge on any atom is 0.329 e. The van der Waals surface area contributed by atoms with Crippen LogP contribution >= 0.6 is 0 Å². The number of anilines is 2. The summed E-state index contributed by atoms with van der Waals surface area (Å²) in [5, 5.41) is 9.26. The molecule has 0 saturated heterocycles. The number of hydrazone groups is 1. The van der Waals surface area contributed by atoms with Gasteiger partial charge in [-0.3, -0.25) is 14.4 Å². The second-order valence-corrected chi connectivity index (χ2v) is 7.82. The second kappa shape index (κ2) is 12.1. The van der Waals surface area contributed by atoms with Crippen molar-refractivity contribution in [1.82, 2.24) is 5.43 Å². The third-order valence-electron chi connectivity index (χ3n) is 5.34. The fourth-order valence-electron chi connectivity index (χ4n) is 3.25. The number of carbonyl (C=O) groups excluding carboxylic acids is 3. The van der Waals surface area contributed by atoms with Gasteiger partial charge in [0.25, 0.3) is 5.91 Å². The number of rotatable bonds is 8. The number of nitrogens with one attached hydrogen (secondary N) is 3. The van der Waals surface area contributed by atoms with Crippen LogP contribution in [0.25, 0.3) is 0 Å². The topological polar surface area (TPSA) is 109 Å². The number of hydrogen-bond donors (Lipinski definition) is 3. The van der Waals surface area contributed by atoms with Crippen molar-refractivity contribution in [2.24, 2.45) is 5.10 Å². The highest BCUT2D eigenvalue weighted by atomic mass is 16.5. The molecule has 180 valence electrons. The van der Waals surface area contributed by atoms with Crippen LogP contribution in [0, 0.1) is 13.8 Å². The minimum Gasteiger partial charge on any atom is -0.484 e. The van der Waals surface area contributed by atoms with Gasteiger partial charge in [-0.2, -0.15) is 5.10 Å². The molecule has 0 radical (unpaired) electrons. The highest BCUT2D eigenvalue weighted by Gasteiger charge is 2.14. The molecule has 0 atom stereocenters. The minimum absolute atomic E-state index is 0.159. The minimum atomic E-state index is -0.890. The molecule has 0 fully saturated rings. The van der Waals surface area contributed by atoms with Gasteiger partial charge in [0.15, 0.2) is 6.61 Å². The van der Waals surface area contributed by atoms with Gasteiger partial charge in [-0.25, -0.2) is 5.43 Å². The van der Waals surface area contributed by atoms with Crippen LogP contribution < -0.4 is 20.8 Å². The zero-order valence-electron chi connectivity index (χ0n) is 19.9. The standard InChI is InChI=1S/C27H28N4O4/c1-4-21-11-5-6-13-24(21)29-25(32)17-35-22-12-8-10-20(15-22)16-28-31-27(34)26(33)30-23-14-7-9-18(2)19(23)3/h5-16H,4,17H2,1-3H3,(H,29,32)(H,30,33)(H,31,34)/b28-16-. The van der Waals surface area contributed by atoms with Crippen LogP contribution in [0.4, 0.5) is 11.4 Å². The summed E-state index contributed by atoms with van der Waals surface area (Å²) in [5.41, 5.74) is 7.10. The Bertz CT molecular complexity index is 1250. The molecule has 3 amide bonds. The number of carbonyl (C=O) groups is 3. The molecule has 35 heavy (non-hydrogen) atoms. The summed E-state index contributed by atoms with van der Waals surface area (Å²) in [4.78, 5) is 36.5. The first-order chi connectivity index (χ1) is 16.9. The predicted molar refractivity (Wildman–Crippen MR) is 137 cm³/mol. The van der Waals surface area contributed by atoms with Crippen LogP contribution in [-0.4, -0.2) is 30.5 Å². The first kappa shape index (κ1) is 25.2. The SMILES string of the molecule is CCc1ccccc1NC(=O)COc1cccc(/C=N\NC(=O)C(=O)Nc2cccc(C)c2C)c1. The molecule has 0 unspecified atom stereocenters. The number of benzene rings is 3. The molecule has 0 aromatic heterocycles. The van der Waals surface area contributed by atoms with E-state index in [0.29, 0.717) is 17.0 Å². The van der Waals surface area contributed by atoms with Gasteiger partial charge in [-0.05, 0) is 66.8 Å². The highest BCUT2D eigenvalue weighted by molar-refractivity contribution is 6.39. The monoisotopic (exact) mass is 472 g/mol. The summed E-state index contributed by atoms with van der Waals surface area (Å²) in [6.07, 6.45) is 2.19. The smallest absolute Gasteiger partial charge is 0.329 e. The molecule has 0 spiro atoms. The summed E-state index contributed by atoms with van der Waals surface area (Å²) in [7, 11) is 0. The van der Waals surface area contributed by atoms with E-state index in [1.807, 2.05) is 51.1 Å². The fourth-order valence-corrected chi connectivity index (χ4v) is 3.25. The molecule has 0 bridgehead atoms. The lowest BCUT2D eigenvalue weighted by molar-refractivity contribution is -0.136. The van der Waals surface area contributed by atoms with Crippen molar-refractivity contribution < 1.29 is 19.1 Å². The second-order valence-electron chi connectivity index (χ2n) is 7.82. The number of ether oxygens (including phenoxy) is 1. The van der Waals surface area contributed by atoms with Crippen LogP contribution in [0.2, 0.25) is 0 Å². The Hall–Kier alpha value is -4.46. The van der Waals surface area contributed by atoms with Crippen molar-refractivity contribution in [1.29, 1.82) is 0 Å². The zero-order chi connectivity index (χ0) is 25.2. The van der Waals surface area contributed by atoms with Gasteiger partial charge in [0.1, 0.15) is 5.75 Å². The van der Waals surface area contributed by atoms with Crippen molar-refractivity contribution >= 4 is 35.3 Å². The van der Waals surface area contributed by atoms with Crippen molar-refractivity contribution in [3.05, 3.63) is 89.0 Å². The molecule has 3 aromatic rings. The van der Waals surface area contributed by atoms with E-state index in [4.69, 9.17) is 4.74 Å². The fraction of sp³-hybridized carbons (Fsp3) is 0.185. The molecule has 3 N–H and O–H groups in total.